The van der Waals surface area contributed by atoms with Gasteiger partial charge in [-0.15, -0.1) is 0 Å². The minimum absolute atomic E-state index is 0.00567. The Hall–Kier alpha value is -3.26. The molecule has 1 fully saturated rings. The molecule has 1 heterocycles. The van der Waals surface area contributed by atoms with Crippen molar-refractivity contribution in [1.29, 1.82) is 0 Å². The molecule has 8 nitrogen and oxygen atoms in total. The fraction of sp³-hybridized carbons (Fsp3) is 0.364. The van der Waals surface area contributed by atoms with Gasteiger partial charge in [-0.2, -0.15) is 0 Å². The highest BCUT2D eigenvalue weighted by Gasteiger charge is 2.23. The van der Waals surface area contributed by atoms with Crippen molar-refractivity contribution in [1.82, 2.24) is 10.2 Å². The van der Waals surface area contributed by atoms with Crippen molar-refractivity contribution in [2.45, 2.75) is 32.4 Å². The number of hydrogen-bond acceptors (Lipinski definition) is 6. The van der Waals surface area contributed by atoms with Crippen LogP contribution in [0.1, 0.15) is 46.0 Å². The Morgan fingerprint density at radius 2 is 1.80 bits per heavy atom. The minimum Gasteiger partial charge on any atom is -0.462 e. The first kappa shape index (κ1) is 21.4. The molecule has 2 aromatic carbocycles. The molecule has 0 atom stereocenters. The lowest BCUT2D eigenvalue weighted by molar-refractivity contribution is -0.384. The molecule has 0 radical (unpaired) electrons. The summed E-state index contributed by atoms with van der Waals surface area (Å²) < 4.78 is 4.91. The van der Waals surface area contributed by atoms with Gasteiger partial charge in [0.05, 0.1) is 17.1 Å². The summed E-state index contributed by atoms with van der Waals surface area (Å²) in [6.07, 6.45) is 1.58. The van der Waals surface area contributed by atoms with E-state index in [1.165, 1.54) is 17.7 Å². The number of nitrogens with one attached hydrogen (secondary N) is 1. The number of likely N-dealkylation sites (tertiary alicyclic amines) is 1. The summed E-state index contributed by atoms with van der Waals surface area (Å²) in [4.78, 5) is 37.6. The molecule has 30 heavy (non-hydrogen) atoms. The lowest BCUT2D eigenvalue weighted by atomic mass is 10.0. The number of benzene rings is 2. The van der Waals surface area contributed by atoms with E-state index < -0.39 is 16.8 Å². The van der Waals surface area contributed by atoms with E-state index in [2.05, 4.69) is 22.3 Å². The maximum Gasteiger partial charge on any atom is 0.338 e. The van der Waals surface area contributed by atoms with Gasteiger partial charge in [0.1, 0.15) is 0 Å². The summed E-state index contributed by atoms with van der Waals surface area (Å²) >= 11 is 0. The van der Waals surface area contributed by atoms with Crippen LogP contribution >= 0.6 is 0 Å². The van der Waals surface area contributed by atoms with Gasteiger partial charge in [0, 0.05) is 43.4 Å². The van der Waals surface area contributed by atoms with Crippen LogP contribution in [0.15, 0.2) is 48.5 Å². The van der Waals surface area contributed by atoms with Crippen LogP contribution in [0.3, 0.4) is 0 Å². The zero-order valence-corrected chi connectivity index (χ0v) is 16.9. The molecular weight excluding hydrogens is 386 g/mol. The van der Waals surface area contributed by atoms with Crippen LogP contribution in [0, 0.1) is 10.1 Å². The molecule has 3 rings (SSSR count). The smallest absolute Gasteiger partial charge is 0.338 e. The van der Waals surface area contributed by atoms with Crippen LogP contribution in [0.4, 0.5) is 5.69 Å². The third-order valence-corrected chi connectivity index (χ3v) is 5.07. The number of non-ortho nitro benzene ring substituents is 1. The minimum atomic E-state index is -0.690. The number of nitro benzene ring substituents is 1. The van der Waals surface area contributed by atoms with E-state index in [9.17, 15) is 19.7 Å². The molecule has 1 aliphatic rings. The van der Waals surface area contributed by atoms with E-state index in [0.29, 0.717) is 0 Å². The fourth-order valence-electron chi connectivity index (χ4n) is 3.53. The van der Waals surface area contributed by atoms with E-state index >= 15 is 0 Å². The summed E-state index contributed by atoms with van der Waals surface area (Å²) in [7, 11) is 0. The number of piperidine rings is 1. The zero-order valence-electron chi connectivity index (χ0n) is 16.9. The largest absolute Gasteiger partial charge is 0.462 e. The molecule has 0 aliphatic carbocycles. The second-order valence-electron chi connectivity index (χ2n) is 7.26. The third-order valence-electron chi connectivity index (χ3n) is 5.07. The van der Waals surface area contributed by atoms with Gasteiger partial charge in [0.25, 0.3) is 11.6 Å². The second kappa shape index (κ2) is 9.98. The Morgan fingerprint density at radius 3 is 2.43 bits per heavy atom. The van der Waals surface area contributed by atoms with Gasteiger partial charge in [-0.05, 0) is 31.4 Å². The standard InChI is InChI=1S/C22H25N3O5/c1-2-30-22(27)18-12-17(13-20(14-18)25(28)29)21(26)23-19-8-10-24(11-9-19)15-16-6-4-3-5-7-16/h3-7,12-14,19H,2,8-11,15H2,1H3,(H,23,26). The van der Waals surface area contributed by atoms with Crippen LogP contribution in [-0.2, 0) is 11.3 Å². The highest BCUT2D eigenvalue weighted by Crippen LogP contribution is 2.20. The average molecular weight is 411 g/mol. The van der Waals surface area contributed by atoms with Gasteiger partial charge in [0.2, 0.25) is 0 Å². The van der Waals surface area contributed by atoms with Gasteiger partial charge in [-0.1, -0.05) is 30.3 Å². The highest BCUT2D eigenvalue weighted by atomic mass is 16.6. The number of hydrogen-bond donors (Lipinski definition) is 1. The van der Waals surface area contributed by atoms with Crippen LogP contribution in [0.5, 0.6) is 0 Å². The molecule has 0 bridgehead atoms. The van der Waals surface area contributed by atoms with E-state index in [0.717, 1.165) is 38.5 Å². The van der Waals surface area contributed by atoms with Gasteiger partial charge in [-0.3, -0.25) is 19.8 Å². The van der Waals surface area contributed by atoms with E-state index in [4.69, 9.17) is 4.74 Å². The number of esters is 1. The molecule has 0 aromatic heterocycles. The highest BCUT2D eigenvalue weighted by molar-refractivity contribution is 5.99. The van der Waals surface area contributed by atoms with Crippen LogP contribution in [0.25, 0.3) is 0 Å². The summed E-state index contributed by atoms with van der Waals surface area (Å²) in [5.74, 6) is -1.12. The maximum atomic E-state index is 12.7. The van der Waals surface area contributed by atoms with E-state index in [1.54, 1.807) is 6.92 Å². The molecule has 1 N–H and O–H groups in total. The monoisotopic (exact) mass is 411 g/mol. The molecule has 1 aliphatic heterocycles. The molecule has 158 valence electrons. The Bertz CT molecular complexity index is 908. The summed E-state index contributed by atoms with van der Waals surface area (Å²) in [5.41, 5.74) is 1.01. The molecule has 1 amide bonds. The molecule has 0 saturated carbocycles. The molecule has 1 saturated heterocycles. The Kier molecular flexibility index (Phi) is 7.13. The zero-order chi connectivity index (χ0) is 21.5. The lowest BCUT2D eigenvalue weighted by Crippen LogP contribution is -2.44. The van der Waals surface area contributed by atoms with Crippen LogP contribution < -0.4 is 5.32 Å². The quantitative estimate of drug-likeness (QED) is 0.427. The Labute approximate surface area is 175 Å². The van der Waals surface area contributed by atoms with Crippen molar-refractivity contribution < 1.29 is 19.2 Å². The molecule has 0 unspecified atom stereocenters. The van der Waals surface area contributed by atoms with Gasteiger partial charge >= 0.3 is 5.97 Å². The van der Waals surface area contributed by atoms with Gasteiger partial charge < -0.3 is 10.1 Å². The van der Waals surface area contributed by atoms with Crippen molar-refractivity contribution in [3.8, 4) is 0 Å². The van der Waals surface area contributed by atoms with E-state index in [-0.39, 0.29) is 29.5 Å². The SMILES string of the molecule is CCOC(=O)c1cc(C(=O)NC2CCN(Cc3ccccc3)CC2)cc([N+](=O)[O-])c1. The molecule has 0 spiro atoms. The molecular formula is C22H25N3O5. The first-order valence-corrected chi connectivity index (χ1v) is 10.00. The number of nitro groups is 1. The predicted octanol–water partition coefficient (Wildman–Crippen LogP) is 3.17. The van der Waals surface area contributed by atoms with Crippen LogP contribution in [0.2, 0.25) is 0 Å². The maximum absolute atomic E-state index is 12.7. The lowest BCUT2D eigenvalue weighted by Gasteiger charge is -2.32. The number of carbonyl (C=O) groups excluding carboxylic acids is 2. The van der Waals surface area contributed by atoms with Crippen molar-refractivity contribution in [2.75, 3.05) is 19.7 Å². The van der Waals surface area contributed by atoms with Gasteiger partial charge in [-0.25, -0.2) is 4.79 Å². The Balaban J connectivity index is 1.62. The second-order valence-corrected chi connectivity index (χ2v) is 7.26. The van der Waals surface area contributed by atoms with Crippen molar-refractivity contribution in [2.24, 2.45) is 0 Å². The average Bonchev–Trinajstić information content (AvgIpc) is 2.75. The van der Waals surface area contributed by atoms with Gasteiger partial charge in [0.15, 0.2) is 0 Å². The number of amides is 1. The number of carbonyl (C=O) groups is 2. The van der Waals surface area contributed by atoms with Crippen molar-refractivity contribution in [3.63, 3.8) is 0 Å². The molecule has 8 heteroatoms. The number of nitrogens with zero attached hydrogens (tertiary/aromatic N) is 2. The Morgan fingerprint density at radius 1 is 1.13 bits per heavy atom. The number of ether oxygens (including phenoxy) is 1. The predicted molar refractivity (Wildman–Crippen MR) is 111 cm³/mol. The third kappa shape index (κ3) is 5.64. The van der Waals surface area contributed by atoms with Crippen molar-refractivity contribution in [3.05, 3.63) is 75.3 Å². The normalized spacial score (nSPS) is 14.8. The molecule has 2 aromatic rings. The summed E-state index contributed by atoms with van der Waals surface area (Å²) in [5, 5.41) is 14.1. The first-order valence-electron chi connectivity index (χ1n) is 10.00. The van der Waals surface area contributed by atoms with E-state index in [1.807, 2.05) is 18.2 Å². The van der Waals surface area contributed by atoms with Crippen molar-refractivity contribution >= 4 is 17.6 Å². The first-order chi connectivity index (χ1) is 14.5. The number of rotatable bonds is 7. The topological polar surface area (TPSA) is 102 Å². The summed E-state index contributed by atoms with van der Waals surface area (Å²) in [6.45, 7) is 4.36. The van der Waals surface area contributed by atoms with Crippen LogP contribution in [-0.4, -0.2) is 47.4 Å². The fourth-order valence-corrected chi connectivity index (χ4v) is 3.53. The summed E-state index contributed by atoms with van der Waals surface area (Å²) in [6, 6.07) is 13.8.